The summed E-state index contributed by atoms with van der Waals surface area (Å²) >= 11 is 0. The van der Waals surface area contributed by atoms with E-state index in [9.17, 15) is 9.59 Å². The van der Waals surface area contributed by atoms with Gasteiger partial charge in [0.05, 0.1) is 6.54 Å². The van der Waals surface area contributed by atoms with Crippen LogP contribution < -0.4 is 10.6 Å². The Morgan fingerprint density at radius 1 is 1.18 bits per heavy atom. The maximum atomic E-state index is 11.5. The third kappa shape index (κ3) is 7.74. The molecule has 0 aliphatic carbocycles. The van der Waals surface area contributed by atoms with Gasteiger partial charge in [0.1, 0.15) is 0 Å². The van der Waals surface area contributed by atoms with Crippen LogP contribution in [0.25, 0.3) is 0 Å². The molecule has 0 atom stereocenters. The van der Waals surface area contributed by atoms with E-state index in [1.165, 1.54) is 0 Å². The van der Waals surface area contributed by atoms with Gasteiger partial charge in [0.25, 0.3) is 0 Å². The third-order valence-corrected chi connectivity index (χ3v) is 2.65. The molecular formula is C12H25N3O2. The predicted molar refractivity (Wildman–Crippen MR) is 68.7 cm³/mol. The second-order valence-electron chi connectivity index (χ2n) is 4.30. The van der Waals surface area contributed by atoms with Gasteiger partial charge in [0, 0.05) is 33.1 Å². The average molecular weight is 243 g/mol. The molecule has 0 radical (unpaired) electrons. The second-order valence-corrected chi connectivity index (χ2v) is 4.30. The minimum Gasteiger partial charge on any atom is -0.352 e. The van der Waals surface area contributed by atoms with Crippen molar-refractivity contribution in [2.24, 2.45) is 0 Å². The molecule has 0 saturated heterocycles. The lowest BCUT2D eigenvalue weighted by Crippen LogP contribution is -2.40. The van der Waals surface area contributed by atoms with Crippen molar-refractivity contribution in [2.75, 3.05) is 27.2 Å². The first kappa shape index (κ1) is 15.9. The maximum absolute atomic E-state index is 11.5. The topological polar surface area (TPSA) is 61.4 Å². The van der Waals surface area contributed by atoms with Gasteiger partial charge >= 0.3 is 0 Å². The van der Waals surface area contributed by atoms with Crippen LogP contribution in [0.15, 0.2) is 0 Å². The number of rotatable bonds is 8. The van der Waals surface area contributed by atoms with Gasteiger partial charge < -0.3 is 15.5 Å². The van der Waals surface area contributed by atoms with Crippen molar-refractivity contribution in [3.8, 4) is 0 Å². The molecule has 5 nitrogen and oxygen atoms in total. The smallest absolute Gasteiger partial charge is 0.234 e. The van der Waals surface area contributed by atoms with Crippen molar-refractivity contribution in [1.29, 1.82) is 0 Å². The molecule has 0 heterocycles. The van der Waals surface area contributed by atoms with Crippen LogP contribution in [0.5, 0.6) is 0 Å². The zero-order valence-corrected chi connectivity index (χ0v) is 11.4. The highest BCUT2D eigenvalue weighted by atomic mass is 16.2. The molecule has 2 N–H and O–H groups in total. The van der Waals surface area contributed by atoms with E-state index in [0.29, 0.717) is 13.0 Å². The summed E-state index contributed by atoms with van der Waals surface area (Å²) < 4.78 is 0. The van der Waals surface area contributed by atoms with Crippen molar-refractivity contribution in [2.45, 2.75) is 39.2 Å². The molecule has 5 heteroatoms. The van der Waals surface area contributed by atoms with Crippen LogP contribution in [0.2, 0.25) is 0 Å². The van der Waals surface area contributed by atoms with Crippen molar-refractivity contribution in [3.05, 3.63) is 0 Å². The number of hydrogen-bond acceptors (Lipinski definition) is 3. The van der Waals surface area contributed by atoms with Crippen LogP contribution in [0.1, 0.15) is 33.1 Å². The van der Waals surface area contributed by atoms with Crippen molar-refractivity contribution < 1.29 is 9.59 Å². The van der Waals surface area contributed by atoms with E-state index in [4.69, 9.17) is 0 Å². The first-order valence-corrected chi connectivity index (χ1v) is 6.21. The monoisotopic (exact) mass is 243 g/mol. The van der Waals surface area contributed by atoms with E-state index >= 15 is 0 Å². The van der Waals surface area contributed by atoms with Gasteiger partial charge in [0.2, 0.25) is 11.8 Å². The lowest BCUT2D eigenvalue weighted by atomic mass is 10.2. The van der Waals surface area contributed by atoms with Gasteiger partial charge in [-0.2, -0.15) is 0 Å². The standard InChI is InChI=1S/C12H25N3O2/c1-5-10(6-2)14-11(16)9-13-8-7-12(17)15(3)4/h10,13H,5-9H2,1-4H3,(H,14,16). The molecular weight excluding hydrogens is 218 g/mol. The number of amides is 2. The molecule has 0 spiro atoms. The van der Waals surface area contributed by atoms with Crippen molar-refractivity contribution >= 4 is 11.8 Å². The fraction of sp³-hybridized carbons (Fsp3) is 0.833. The molecule has 17 heavy (non-hydrogen) atoms. The van der Waals surface area contributed by atoms with Crippen LogP contribution in [0.4, 0.5) is 0 Å². The highest BCUT2D eigenvalue weighted by molar-refractivity contribution is 5.78. The lowest BCUT2D eigenvalue weighted by Gasteiger charge is -2.15. The molecule has 0 aromatic carbocycles. The van der Waals surface area contributed by atoms with Crippen molar-refractivity contribution in [1.82, 2.24) is 15.5 Å². The number of carbonyl (C=O) groups is 2. The zero-order valence-electron chi connectivity index (χ0n) is 11.4. The third-order valence-electron chi connectivity index (χ3n) is 2.65. The van der Waals surface area contributed by atoms with Crippen LogP contribution >= 0.6 is 0 Å². The summed E-state index contributed by atoms with van der Waals surface area (Å²) in [5.41, 5.74) is 0. The first-order valence-electron chi connectivity index (χ1n) is 6.21. The fourth-order valence-electron chi connectivity index (χ4n) is 1.39. The average Bonchev–Trinajstić information content (AvgIpc) is 2.31. The van der Waals surface area contributed by atoms with Crippen LogP contribution in [0, 0.1) is 0 Å². The van der Waals surface area contributed by atoms with E-state index in [1.807, 2.05) is 0 Å². The summed E-state index contributed by atoms with van der Waals surface area (Å²) in [6, 6.07) is 0.257. The van der Waals surface area contributed by atoms with Gasteiger partial charge in [-0.1, -0.05) is 13.8 Å². The quantitative estimate of drug-likeness (QED) is 0.605. The van der Waals surface area contributed by atoms with Crippen LogP contribution in [-0.2, 0) is 9.59 Å². The normalized spacial score (nSPS) is 10.4. The predicted octanol–water partition coefficient (Wildman–Crippen LogP) is 0.359. The zero-order chi connectivity index (χ0) is 13.3. The Labute approximate surface area is 104 Å². The van der Waals surface area contributed by atoms with Gasteiger partial charge in [0.15, 0.2) is 0 Å². The number of nitrogens with zero attached hydrogens (tertiary/aromatic N) is 1. The van der Waals surface area contributed by atoms with E-state index in [1.54, 1.807) is 19.0 Å². The summed E-state index contributed by atoms with van der Waals surface area (Å²) in [6.45, 7) is 4.92. The first-order chi connectivity index (χ1) is 8.01. The summed E-state index contributed by atoms with van der Waals surface area (Å²) in [6.07, 6.45) is 2.31. The number of hydrogen-bond donors (Lipinski definition) is 2. The summed E-state index contributed by atoms with van der Waals surface area (Å²) in [7, 11) is 3.45. The van der Waals surface area contributed by atoms with Crippen LogP contribution in [-0.4, -0.2) is 49.9 Å². The molecule has 2 amide bonds. The molecule has 0 bridgehead atoms. The highest BCUT2D eigenvalue weighted by Gasteiger charge is 2.08. The minimum atomic E-state index is -0.00370. The van der Waals surface area contributed by atoms with Gasteiger partial charge in [-0.05, 0) is 12.8 Å². The molecule has 0 aromatic heterocycles. The SMILES string of the molecule is CCC(CC)NC(=O)CNCCC(=O)N(C)C. The Bertz CT molecular complexity index is 238. The molecule has 100 valence electrons. The molecule has 0 rings (SSSR count). The molecule has 0 aromatic rings. The minimum absolute atomic E-state index is 0.00370. The number of carbonyl (C=O) groups excluding carboxylic acids is 2. The lowest BCUT2D eigenvalue weighted by molar-refractivity contribution is -0.128. The molecule has 0 unspecified atom stereocenters. The molecule has 0 fully saturated rings. The van der Waals surface area contributed by atoms with Gasteiger partial charge in [-0.15, -0.1) is 0 Å². The van der Waals surface area contributed by atoms with E-state index in [2.05, 4.69) is 24.5 Å². The molecule has 0 saturated carbocycles. The Balaban J connectivity index is 3.61. The Morgan fingerprint density at radius 3 is 2.24 bits per heavy atom. The largest absolute Gasteiger partial charge is 0.352 e. The summed E-state index contributed by atoms with van der Waals surface area (Å²) in [5, 5.41) is 5.90. The summed E-state index contributed by atoms with van der Waals surface area (Å²) in [4.78, 5) is 24.3. The van der Waals surface area contributed by atoms with Crippen LogP contribution in [0.3, 0.4) is 0 Å². The Hall–Kier alpha value is -1.10. The van der Waals surface area contributed by atoms with Gasteiger partial charge in [-0.25, -0.2) is 0 Å². The fourth-order valence-corrected chi connectivity index (χ4v) is 1.39. The Kier molecular flexibility index (Phi) is 8.40. The van der Waals surface area contributed by atoms with E-state index in [-0.39, 0.29) is 24.4 Å². The molecule has 0 aliphatic heterocycles. The second kappa shape index (κ2) is 8.98. The van der Waals surface area contributed by atoms with E-state index < -0.39 is 0 Å². The summed E-state index contributed by atoms with van der Waals surface area (Å²) in [5.74, 6) is 0.0638. The van der Waals surface area contributed by atoms with Crippen molar-refractivity contribution in [3.63, 3.8) is 0 Å². The van der Waals surface area contributed by atoms with E-state index in [0.717, 1.165) is 12.8 Å². The maximum Gasteiger partial charge on any atom is 0.234 e. The Morgan fingerprint density at radius 2 is 1.76 bits per heavy atom. The van der Waals surface area contributed by atoms with Gasteiger partial charge in [-0.3, -0.25) is 9.59 Å². The highest BCUT2D eigenvalue weighted by Crippen LogP contribution is 1.94. The number of nitrogens with one attached hydrogen (secondary N) is 2. The molecule has 0 aliphatic rings.